The van der Waals surface area contributed by atoms with Crippen molar-refractivity contribution in [2.45, 2.75) is 43.9 Å². The molecule has 0 aromatic heterocycles. The Balaban J connectivity index is 2.54. The maximum absolute atomic E-state index is 12.0. The third-order valence-corrected chi connectivity index (χ3v) is 6.94. The van der Waals surface area contributed by atoms with Crippen molar-refractivity contribution in [1.82, 2.24) is 4.72 Å². The van der Waals surface area contributed by atoms with E-state index in [0.717, 1.165) is 6.42 Å². The SMILES string of the molecule is CC(CCCN)NS(=O)(=O)C1CCS(=O)(=O)CC1. The van der Waals surface area contributed by atoms with Crippen LogP contribution in [0.3, 0.4) is 0 Å². The minimum atomic E-state index is -3.42. The fourth-order valence-electron chi connectivity index (χ4n) is 2.04. The Bertz CT molecular complexity index is 444. The summed E-state index contributed by atoms with van der Waals surface area (Å²) in [6.07, 6.45) is 1.85. The molecule has 0 radical (unpaired) electrons. The van der Waals surface area contributed by atoms with E-state index in [0.29, 0.717) is 13.0 Å². The first-order valence-electron chi connectivity index (χ1n) is 6.18. The van der Waals surface area contributed by atoms with Crippen molar-refractivity contribution in [3.05, 3.63) is 0 Å². The summed E-state index contributed by atoms with van der Waals surface area (Å²) in [6, 6.07) is -0.155. The van der Waals surface area contributed by atoms with Gasteiger partial charge in [0.05, 0.1) is 16.8 Å². The molecule has 1 saturated heterocycles. The lowest BCUT2D eigenvalue weighted by atomic mass is 10.2. The molecule has 1 atom stereocenters. The second kappa shape index (κ2) is 6.31. The van der Waals surface area contributed by atoms with Crippen LogP contribution in [0.5, 0.6) is 0 Å². The van der Waals surface area contributed by atoms with Crippen molar-refractivity contribution in [1.29, 1.82) is 0 Å². The van der Waals surface area contributed by atoms with Crippen LogP contribution in [-0.2, 0) is 19.9 Å². The van der Waals surface area contributed by atoms with Crippen molar-refractivity contribution < 1.29 is 16.8 Å². The molecular formula is C10H22N2O4S2. The number of nitrogens with two attached hydrogens (primary N) is 1. The molecule has 8 heteroatoms. The van der Waals surface area contributed by atoms with Gasteiger partial charge in [-0.15, -0.1) is 0 Å². The largest absolute Gasteiger partial charge is 0.330 e. The number of hydrogen-bond acceptors (Lipinski definition) is 5. The van der Waals surface area contributed by atoms with Crippen molar-refractivity contribution in [2.75, 3.05) is 18.1 Å². The first-order chi connectivity index (χ1) is 8.27. The lowest BCUT2D eigenvalue weighted by Crippen LogP contribution is -2.43. The molecule has 0 saturated carbocycles. The Morgan fingerprint density at radius 2 is 1.89 bits per heavy atom. The minimum absolute atomic E-state index is 0.0320. The Morgan fingerprint density at radius 1 is 1.33 bits per heavy atom. The molecule has 1 heterocycles. The van der Waals surface area contributed by atoms with Crippen molar-refractivity contribution in [2.24, 2.45) is 5.73 Å². The molecule has 1 aliphatic rings. The summed E-state index contributed by atoms with van der Waals surface area (Å²) in [7, 11) is -6.45. The average Bonchev–Trinajstić information content (AvgIpc) is 2.25. The van der Waals surface area contributed by atoms with Crippen LogP contribution in [0.2, 0.25) is 0 Å². The highest BCUT2D eigenvalue weighted by molar-refractivity contribution is 7.92. The molecule has 0 aromatic rings. The second-order valence-electron chi connectivity index (χ2n) is 4.85. The topological polar surface area (TPSA) is 106 Å². The molecule has 1 unspecified atom stereocenters. The molecule has 1 fully saturated rings. The van der Waals surface area contributed by atoms with Crippen molar-refractivity contribution in [3.8, 4) is 0 Å². The molecule has 3 N–H and O–H groups in total. The second-order valence-corrected chi connectivity index (χ2v) is 9.14. The smallest absolute Gasteiger partial charge is 0.214 e. The molecule has 0 bridgehead atoms. The quantitative estimate of drug-likeness (QED) is 0.694. The molecular weight excluding hydrogens is 276 g/mol. The zero-order valence-electron chi connectivity index (χ0n) is 10.6. The minimum Gasteiger partial charge on any atom is -0.330 e. The van der Waals surface area contributed by atoms with Crippen LogP contribution in [0, 0.1) is 0 Å². The van der Waals surface area contributed by atoms with Gasteiger partial charge in [0.25, 0.3) is 0 Å². The van der Waals surface area contributed by atoms with Gasteiger partial charge in [0.15, 0.2) is 0 Å². The van der Waals surface area contributed by atoms with Gasteiger partial charge in [-0.25, -0.2) is 21.6 Å². The lowest BCUT2D eigenvalue weighted by molar-refractivity contribution is 0.516. The summed E-state index contributed by atoms with van der Waals surface area (Å²) >= 11 is 0. The maximum Gasteiger partial charge on any atom is 0.214 e. The fraction of sp³-hybridized carbons (Fsp3) is 1.00. The molecule has 0 aliphatic carbocycles. The van der Waals surface area contributed by atoms with Crippen LogP contribution in [0.25, 0.3) is 0 Å². The highest BCUT2D eigenvalue weighted by Crippen LogP contribution is 2.19. The standard InChI is InChI=1S/C10H22N2O4S2/c1-9(3-2-6-11)12-18(15,16)10-4-7-17(13,14)8-5-10/h9-10,12H,2-8,11H2,1H3. The number of rotatable bonds is 6. The molecule has 18 heavy (non-hydrogen) atoms. The van der Waals surface area contributed by atoms with Crippen molar-refractivity contribution in [3.63, 3.8) is 0 Å². The first-order valence-corrected chi connectivity index (χ1v) is 9.55. The molecule has 108 valence electrons. The molecule has 1 aliphatic heterocycles. The van der Waals surface area contributed by atoms with Gasteiger partial charge in [-0.2, -0.15) is 0 Å². The fourth-order valence-corrected chi connectivity index (χ4v) is 5.56. The number of nitrogens with one attached hydrogen (secondary N) is 1. The van der Waals surface area contributed by atoms with Gasteiger partial charge in [-0.05, 0) is 39.2 Å². The Labute approximate surface area is 109 Å². The van der Waals surface area contributed by atoms with Gasteiger partial charge >= 0.3 is 0 Å². The van der Waals surface area contributed by atoms with E-state index < -0.39 is 25.1 Å². The van der Waals surface area contributed by atoms with E-state index in [-0.39, 0.29) is 30.4 Å². The summed E-state index contributed by atoms with van der Waals surface area (Å²) in [4.78, 5) is 0. The normalized spacial score (nSPS) is 22.8. The molecule has 0 aromatic carbocycles. The van der Waals surface area contributed by atoms with E-state index in [2.05, 4.69) is 4.72 Å². The lowest BCUT2D eigenvalue weighted by Gasteiger charge is -2.24. The molecule has 6 nitrogen and oxygen atoms in total. The summed E-state index contributed by atoms with van der Waals surface area (Å²) in [5.41, 5.74) is 5.37. The predicted octanol–water partition coefficient (Wildman–Crippen LogP) is -0.390. The summed E-state index contributed by atoms with van der Waals surface area (Å²) in [5, 5.41) is -0.582. The number of sulfonamides is 1. The van der Waals surface area contributed by atoms with Gasteiger partial charge in [0.2, 0.25) is 10.0 Å². The zero-order valence-corrected chi connectivity index (χ0v) is 12.3. The third-order valence-electron chi connectivity index (χ3n) is 3.15. The van der Waals surface area contributed by atoms with E-state index in [1.54, 1.807) is 6.92 Å². The Morgan fingerprint density at radius 3 is 2.39 bits per heavy atom. The highest BCUT2D eigenvalue weighted by atomic mass is 32.2. The van der Waals surface area contributed by atoms with Gasteiger partial charge in [0, 0.05) is 6.04 Å². The summed E-state index contributed by atoms with van der Waals surface area (Å²) in [6.45, 7) is 2.33. The summed E-state index contributed by atoms with van der Waals surface area (Å²) < 4.78 is 49.2. The van der Waals surface area contributed by atoms with Gasteiger partial charge in [-0.3, -0.25) is 0 Å². The zero-order chi connectivity index (χ0) is 13.8. The van der Waals surface area contributed by atoms with Gasteiger partial charge < -0.3 is 5.73 Å². The van der Waals surface area contributed by atoms with Crippen LogP contribution in [-0.4, -0.2) is 46.2 Å². The summed E-state index contributed by atoms with van der Waals surface area (Å²) in [5.74, 6) is -0.0640. The van der Waals surface area contributed by atoms with E-state index in [9.17, 15) is 16.8 Å². The first kappa shape index (κ1) is 15.9. The Kier molecular flexibility index (Phi) is 5.57. The highest BCUT2D eigenvalue weighted by Gasteiger charge is 2.33. The van der Waals surface area contributed by atoms with Gasteiger partial charge in [0.1, 0.15) is 9.84 Å². The van der Waals surface area contributed by atoms with Crippen molar-refractivity contribution >= 4 is 19.9 Å². The van der Waals surface area contributed by atoms with E-state index in [1.807, 2.05) is 0 Å². The van der Waals surface area contributed by atoms with E-state index >= 15 is 0 Å². The molecule has 0 spiro atoms. The molecule has 1 rings (SSSR count). The Hall–Kier alpha value is -0.180. The van der Waals surface area contributed by atoms with Crippen LogP contribution in [0.15, 0.2) is 0 Å². The maximum atomic E-state index is 12.0. The molecule has 0 amide bonds. The van der Waals surface area contributed by atoms with Crippen LogP contribution in [0.4, 0.5) is 0 Å². The van der Waals surface area contributed by atoms with Crippen LogP contribution < -0.4 is 10.5 Å². The van der Waals surface area contributed by atoms with Crippen LogP contribution >= 0.6 is 0 Å². The third kappa shape index (κ3) is 4.83. The average molecular weight is 298 g/mol. The number of sulfone groups is 1. The van der Waals surface area contributed by atoms with E-state index in [4.69, 9.17) is 5.73 Å². The monoisotopic (exact) mass is 298 g/mol. The van der Waals surface area contributed by atoms with Gasteiger partial charge in [-0.1, -0.05) is 0 Å². The van der Waals surface area contributed by atoms with Crippen LogP contribution in [0.1, 0.15) is 32.6 Å². The predicted molar refractivity (Wildman–Crippen MR) is 71.5 cm³/mol. The number of hydrogen-bond donors (Lipinski definition) is 2. The van der Waals surface area contributed by atoms with E-state index in [1.165, 1.54) is 0 Å².